The monoisotopic (exact) mass is 308 g/mol. The number of carbonyl (C=O) groups is 1. The SMILES string of the molecule is Cc1ccc(F)c(NC(=O)c2cccc(Cl)c2[N+](=O)[O-])c1. The Hall–Kier alpha value is -2.47. The second kappa shape index (κ2) is 5.88. The number of hydrogen-bond donors (Lipinski definition) is 1. The predicted molar refractivity (Wildman–Crippen MR) is 77.2 cm³/mol. The second-order valence-electron chi connectivity index (χ2n) is 4.33. The summed E-state index contributed by atoms with van der Waals surface area (Å²) in [6.07, 6.45) is 0. The van der Waals surface area contributed by atoms with E-state index in [0.29, 0.717) is 0 Å². The van der Waals surface area contributed by atoms with Gasteiger partial charge < -0.3 is 5.32 Å². The molecule has 2 aromatic carbocycles. The Morgan fingerprint density at radius 1 is 1.33 bits per heavy atom. The number of hydrogen-bond acceptors (Lipinski definition) is 3. The highest BCUT2D eigenvalue weighted by Crippen LogP contribution is 2.29. The highest BCUT2D eigenvalue weighted by atomic mass is 35.5. The lowest BCUT2D eigenvalue weighted by molar-refractivity contribution is -0.385. The topological polar surface area (TPSA) is 72.2 Å². The average Bonchev–Trinajstić information content (AvgIpc) is 2.42. The lowest BCUT2D eigenvalue weighted by Crippen LogP contribution is -2.15. The maximum Gasteiger partial charge on any atom is 0.300 e. The molecule has 0 spiro atoms. The second-order valence-corrected chi connectivity index (χ2v) is 4.74. The summed E-state index contributed by atoms with van der Waals surface area (Å²) in [6.45, 7) is 1.73. The molecular formula is C14H10ClFN2O3. The number of carbonyl (C=O) groups excluding carboxylic acids is 1. The summed E-state index contributed by atoms with van der Waals surface area (Å²) < 4.78 is 13.6. The van der Waals surface area contributed by atoms with Gasteiger partial charge in [0.05, 0.1) is 10.6 Å². The van der Waals surface area contributed by atoms with Gasteiger partial charge in [0.25, 0.3) is 5.91 Å². The first-order chi connectivity index (χ1) is 9.90. The summed E-state index contributed by atoms with van der Waals surface area (Å²) in [5, 5.41) is 13.1. The molecule has 108 valence electrons. The van der Waals surface area contributed by atoms with Crippen LogP contribution in [0.3, 0.4) is 0 Å². The Morgan fingerprint density at radius 2 is 2.05 bits per heavy atom. The number of benzene rings is 2. The van der Waals surface area contributed by atoms with Crippen molar-refractivity contribution < 1.29 is 14.1 Å². The number of para-hydroxylation sites is 1. The number of halogens is 2. The molecule has 0 unspecified atom stereocenters. The molecule has 0 bridgehead atoms. The predicted octanol–water partition coefficient (Wildman–Crippen LogP) is 3.95. The van der Waals surface area contributed by atoms with Crippen molar-refractivity contribution in [3.63, 3.8) is 0 Å². The fraction of sp³-hybridized carbons (Fsp3) is 0.0714. The van der Waals surface area contributed by atoms with Crippen LogP contribution in [0, 0.1) is 22.9 Å². The van der Waals surface area contributed by atoms with E-state index >= 15 is 0 Å². The van der Waals surface area contributed by atoms with E-state index in [1.807, 2.05) is 0 Å². The molecule has 0 heterocycles. The first kappa shape index (κ1) is 14.9. The molecule has 0 fully saturated rings. The molecule has 0 aliphatic rings. The quantitative estimate of drug-likeness (QED) is 0.689. The van der Waals surface area contributed by atoms with E-state index in [-0.39, 0.29) is 16.3 Å². The summed E-state index contributed by atoms with van der Waals surface area (Å²) in [7, 11) is 0. The maximum absolute atomic E-state index is 13.6. The number of nitro benzene ring substituents is 1. The minimum absolute atomic E-state index is 0.0470. The van der Waals surface area contributed by atoms with Crippen LogP contribution in [-0.4, -0.2) is 10.8 Å². The van der Waals surface area contributed by atoms with Crippen LogP contribution in [0.1, 0.15) is 15.9 Å². The van der Waals surface area contributed by atoms with Crippen LogP contribution in [-0.2, 0) is 0 Å². The van der Waals surface area contributed by atoms with E-state index in [0.717, 1.165) is 5.56 Å². The van der Waals surface area contributed by atoms with E-state index in [1.54, 1.807) is 13.0 Å². The zero-order valence-electron chi connectivity index (χ0n) is 10.9. The molecule has 21 heavy (non-hydrogen) atoms. The number of nitrogens with zero attached hydrogens (tertiary/aromatic N) is 1. The molecule has 0 aromatic heterocycles. The largest absolute Gasteiger partial charge is 0.319 e. The molecule has 2 rings (SSSR count). The van der Waals surface area contributed by atoms with Crippen LogP contribution < -0.4 is 5.32 Å². The molecule has 7 heteroatoms. The van der Waals surface area contributed by atoms with Crippen LogP contribution in [0.2, 0.25) is 5.02 Å². The molecule has 2 aromatic rings. The van der Waals surface area contributed by atoms with Gasteiger partial charge in [-0.1, -0.05) is 23.7 Å². The summed E-state index contributed by atoms with van der Waals surface area (Å²) in [4.78, 5) is 22.4. The van der Waals surface area contributed by atoms with Gasteiger partial charge in [0, 0.05) is 0 Å². The first-order valence-electron chi connectivity index (χ1n) is 5.90. The van der Waals surface area contributed by atoms with Gasteiger partial charge in [0.1, 0.15) is 16.4 Å². The molecule has 0 saturated heterocycles. The van der Waals surface area contributed by atoms with Crippen molar-refractivity contribution in [1.82, 2.24) is 0 Å². The molecule has 1 amide bonds. The van der Waals surface area contributed by atoms with Crippen molar-refractivity contribution >= 4 is 28.9 Å². The third-order valence-corrected chi connectivity index (χ3v) is 3.09. The van der Waals surface area contributed by atoms with Gasteiger partial charge in [-0.25, -0.2) is 4.39 Å². The number of nitro groups is 1. The van der Waals surface area contributed by atoms with E-state index in [2.05, 4.69) is 5.32 Å². The highest BCUT2D eigenvalue weighted by Gasteiger charge is 2.24. The van der Waals surface area contributed by atoms with E-state index in [1.165, 1.54) is 30.3 Å². The summed E-state index contributed by atoms with van der Waals surface area (Å²) in [5.41, 5.74) is -0.0419. The number of anilines is 1. The standard InChI is InChI=1S/C14H10ClFN2O3/c1-8-5-6-11(16)12(7-8)17-14(19)9-3-2-4-10(15)13(9)18(20)21/h2-7H,1H3,(H,17,19). The number of rotatable bonds is 3. The van der Waals surface area contributed by atoms with Crippen molar-refractivity contribution in [2.45, 2.75) is 6.92 Å². The molecule has 0 aliphatic carbocycles. The number of amides is 1. The molecule has 0 aliphatic heterocycles. The maximum atomic E-state index is 13.6. The Labute approximate surface area is 124 Å². The van der Waals surface area contributed by atoms with Crippen molar-refractivity contribution in [1.29, 1.82) is 0 Å². The van der Waals surface area contributed by atoms with Crippen molar-refractivity contribution in [3.05, 3.63) is 68.5 Å². The zero-order valence-corrected chi connectivity index (χ0v) is 11.6. The van der Waals surface area contributed by atoms with Crippen LogP contribution in [0.5, 0.6) is 0 Å². The minimum Gasteiger partial charge on any atom is -0.319 e. The van der Waals surface area contributed by atoms with Gasteiger partial charge >= 0.3 is 5.69 Å². The number of aryl methyl sites for hydroxylation is 1. The third kappa shape index (κ3) is 3.17. The van der Waals surface area contributed by atoms with Crippen LogP contribution in [0.4, 0.5) is 15.8 Å². The molecule has 0 saturated carbocycles. The van der Waals surface area contributed by atoms with Crippen LogP contribution in [0.15, 0.2) is 36.4 Å². The van der Waals surface area contributed by atoms with E-state index in [9.17, 15) is 19.3 Å². The van der Waals surface area contributed by atoms with Crippen LogP contribution >= 0.6 is 11.6 Å². The lowest BCUT2D eigenvalue weighted by Gasteiger charge is -2.08. The van der Waals surface area contributed by atoms with Gasteiger partial charge in [-0.2, -0.15) is 0 Å². The van der Waals surface area contributed by atoms with Gasteiger partial charge in [-0.05, 0) is 36.8 Å². The fourth-order valence-corrected chi connectivity index (χ4v) is 2.05. The van der Waals surface area contributed by atoms with Gasteiger partial charge in [0.15, 0.2) is 0 Å². The zero-order chi connectivity index (χ0) is 15.6. The Kier molecular flexibility index (Phi) is 4.18. The molecule has 5 nitrogen and oxygen atoms in total. The smallest absolute Gasteiger partial charge is 0.300 e. The van der Waals surface area contributed by atoms with Crippen LogP contribution in [0.25, 0.3) is 0 Å². The Morgan fingerprint density at radius 3 is 2.71 bits per heavy atom. The average molecular weight is 309 g/mol. The minimum atomic E-state index is -0.798. The Bertz CT molecular complexity index is 734. The van der Waals surface area contributed by atoms with Gasteiger partial charge in [-0.3, -0.25) is 14.9 Å². The third-order valence-electron chi connectivity index (χ3n) is 2.78. The van der Waals surface area contributed by atoms with E-state index in [4.69, 9.17) is 11.6 Å². The molecule has 1 N–H and O–H groups in total. The number of nitrogens with one attached hydrogen (secondary N) is 1. The van der Waals surface area contributed by atoms with E-state index < -0.39 is 22.3 Å². The summed E-state index contributed by atoms with van der Waals surface area (Å²) in [6, 6.07) is 8.17. The fourth-order valence-electron chi connectivity index (χ4n) is 1.81. The summed E-state index contributed by atoms with van der Waals surface area (Å²) >= 11 is 5.73. The highest BCUT2D eigenvalue weighted by molar-refractivity contribution is 6.33. The normalized spacial score (nSPS) is 10.2. The summed E-state index contributed by atoms with van der Waals surface area (Å²) in [5.74, 6) is -1.42. The Balaban J connectivity index is 2.40. The van der Waals surface area contributed by atoms with Gasteiger partial charge in [0.2, 0.25) is 0 Å². The van der Waals surface area contributed by atoms with Crippen molar-refractivity contribution in [2.24, 2.45) is 0 Å². The molecule has 0 atom stereocenters. The lowest BCUT2D eigenvalue weighted by atomic mass is 10.1. The molecule has 0 radical (unpaired) electrons. The van der Waals surface area contributed by atoms with Crippen molar-refractivity contribution in [3.8, 4) is 0 Å². The molecular weight excluding hydrogens is 299 g/mol. The van der Waals surface area contributed by atoms with Crippen molar-refractivity contribution in [2.75, 3.05) is 5.32 Å². The van der Waals surface area contributed by atoms with Gasteiger partial charge in [-0.15, -0.1) is 0 Å². The first-order valence-corrected chi connectivity index (χ1v) is 6.28.